The van der Waals surface area contributed by atoms with E-state index in [1.165, 1.54) is 0 Å². The van der Waals surface area contributed by atoms with Gasteiger partial charge < -0.3 is 16.0 Å². The molecular weight excluding hydrogens is 202 g/mol. The predicted octanol–water partition coefficient (Wildman–Crippen LogP) is 0.576. The Kier molecular flexibility index (Phi) is 3.34. The first kappa shape index (κ1) is 10.9. The Morgan fingerprint density at radius 2 is 2.12 bits per heavy atom. The van der Waals surface area contributed by atoms with Crippen LogP contribution in [0.2, 0.25) is 0 Å². The van der Waals surface area contributed by atoms with Crippen molar-refractivity contribution in [2.45, 2.75) is 6.54 Å². The van der Waals surface area contributed by atoms with E-state index in [2.05, 4.69) is 10.3 Å². The molecule has 0 fully saturated rings. The molecule has 4 nitrogen and oxygen atoms in total. The molecule has 0 amide bonds. The predicted molar refractivity (Wildman–Crippen MR) is 65.3 cm³/mol. The molecule has 0 unspecified atom stereocenters. The lowest BCUT2D eigenvalue weighted by Gasteiger charge is -2.04. The molecule has 2 rings (SSSR count). The summed E-state index contributed by atoms with van der Waals surface area (Å²) in [5.74, 6) is 0. The van der Waals surface area contributed by atoms with Gasteiger partial charge in [-0.2, -0.15) is 0 Å². The molecule has 1 aromatic heterocycles. The van der Waals surface area contributed by atoms with Crippen LogP contribution in [0.25, 0.3) is 10.9 Å². The summed E-state index contributed by atoms with van der Waals surface area (Å²) in [6, 6.07) is 9.66. The zero-order valence-corrected chi connectivity index (χ0v) is 8.99. The van der Waals surface area contributed by atoms with Gasteiger partial charge in [0.2, 0.25) is 0 Å². The maximum Gasteiger partial charge on any atom is 0.252 e. The van der Waals surface area contributed by atoms with Crippen molar-refractivity contribution >= 4 is 10.9 Å². The van der Waals surface area contributed by atoms with Crippen molar-refractivity contribution in [3.63, 3.8) is 0 Å². The minimum absolute atomic E-state index is 0.0387. The highest BCUT2D eigenvalue weighted by Gasteiger charge is 2.01. The molecule has 0 saturated carbocycles. The molecular formula is C12H15N3O. The highest BCUT2D eigenvalue weighted by Crippen LogP contribution is 2.09. The van der Waals surface area contributed by atoms with Gasteiger partial charge in [-0.3, -0.25) is 4.79 Å². The molecule has 0 bridgehead atoms. The fourth-order valence-electron chi connectivity index (χ4n) is 1.65. The van der Waals surface area contributed by atoms with E-state index in [0.29, 0.717) is 19.6 Å². The zero-order chi connectivity index (χ0) is 11.4. The monoisotopic (exact) mass is 217 g/mol. The Morgan fingerprint density at radius 1 is 1.31 bits per heavy atom. The summed E-state index contributed by atoms with van der Waals surface area (Å²) in [5.41, 5.74) is 6.95. The van der Waals surface area contributed by atoms with Crippen LogP contribution in [-0.2, 0) is 6.54 Å². The molecule has 4 N–H and O–H groups in total. The molecule has 0 aliphatic carbocycles. The highest BCUT2D eigenvalue weighted by molar-refractivity contribution is 5.78. The van der Waals surface area contributed by atoms with Crippen molar-refractivity contribution in [1.29, 1.82) is 0 Å². The number of H-pyrrole nitrogens is 1. The first-order valence-corrected chi connectivity index (χ1v) is 5.33. The second-order valence-electron chi connectivity index (χ2n) is 3.68. The zero-order valence-electron chi connectivity index (χ0n) is 8.99. The third kappa shape index (κ3) is 2.29. The van der Waals surface area contributed by atoms with Gasteiger partial charge in [-0.25, -0.2) is 0 Å². The lowest BCUT2D eigenvalue weighted by Crippen LogP contribution is -2.25. The summed E-state index contributed by atoms with van der Waals surface area (Å²) in [4.78, 5) is 14.6. The van der Waals surface area contributed by atoms with Gasteiger partial charge in [-0.05, 0) is 17.5 Å². The van der Waals surface area contributed by atoms with E-state index in [0.717, 1.165) is 16.5 Å². The van der Waals surface area contributed by atoms with E-state index in [1.54, 1.807) is 0 Å². The standard InChI is InChI=1S/C12H15N3O/c13-5-6-14-8-10-7-9-3-1-2-4-11(9)15-12(10)16/h1-4,7,14H,5-6,8,13H2,(H,15,16). The van der Waals surface area contributed by atoms with Gasteiger partial charge in [0.1, 0.15) is 0 Å². The van der Waals surface area contributed by atoms with Crippen LogP contribution in [0.3, 0.4) is 0 Å². The van der Waals surface area contributed by atoms with Gasteiger partial charge in [-0.15, -0.1) is 0 Å². The number of nitrogens with one attached hydrogen (secondary N) is 2. The second-order valence-corrected chi connectivity index (χ2v) is 3.68. The first-order valence-electron chi connectivity index (χ1n) is 5.33. The topological polar surface area (TPSA) is 70.9 Å². The summed E-state index contributed by atoms with van der Waals surface area (Å²) in [7, 11) is 0. The lowest BCUT2D eigenvalue weighted by atomic mass is 10.1. The molecule has 0 aliphatic rings. The summed E-state index contributed by atoms with van der Waals surface area (Å²) in [6.07, 6.45) is 0. The molecule has 0 radical (unpaired) electrons. The number of aromatic amines is 1. The van der Waals surface area contributed by atoms with Crippen molar-refractivity contribution in [3.8, 4) is 0 Å². The van der Waals surface area contributed by atoms with E-state index < -0.39 is 0 Å². The number of para-hydroxylation sites is 1. The Hall–Kier alpha value is -1.65. The molecule has 0 atom stereocenters. The third-order valence-corrected chi connectivity index (χ3v) is 2.47. The molecule has 0 saturated heterocycles. The SMILES string of the molecule is NCCNCc1cc2ccccc2[nH]c1=O. The molecule has 16 heavy (non-hydrogen) atoms. The van der Waals surface area contributed by atoms with Gasteiger partial charge in [0, 0.05) is 30.7 Å². The van der Waals surface area contributed by atoms with Gasteiger partial charge in [0.15, 0.2) is 0 Å². The average molecular weight is 217 g/mol. The molecule has 2 aromatic rings. The summed E-state index contributed by atoms with van der Waals surface area (Å²) < 4.78 is 0. The van der Waals surface area contributed by atoms with Crippen molar-refractivity contribution < 1.29 is 0 Å². The number of hydrogen-bond donors (Lipinski definition) is 3. The normalized spacial score (nSPS) is 10.8. The minimum Gasteiger partial charge on any atom is -0.329 e. The van der Waals surface area contributed by atoms with Crippen LogP contribution in [0.4, 0.5) is 0 Å². The summed E-state index contributed by atoms with van der Waals surface area (Å²) >= 11 is 0. The largest absolute Gasteiger partial charge is 0.329 e. The van der Waals surface area contributed by atoms with Crippen molar-refractivity contribution in [3.05, 3.63) is 46.2 Å². The molecule has 84 valence electrons. The van der Waals surface area contributed by atoms with Gasteiger partial charge in [0.25, 0.3) is 5.56 Å². The summed E-state index contributed by atoms with van der Waals surface area (Å²) in [5, 5.41) is 4.16. The Labute approximate surface area is 93.5 Å². The minimum atomic E-state index is -0.0387. The van der Waals surface area contributed by atoms with E-state index in [9.17, 15) is 4.79 Å². The molecule has 0 spiro atoms. The lowest BCUT2D eigenvalue weighted by molar-refractivity contribution is 0.690. The number of benzene rings is 1. The molecule has 4 heteroatoms. The fraction of sp³-hybridized carbons (Fsp3) is 0.250. The van der Waals surface area contributed by atoms with Crippen LogP contribution in [0.5, 0.6) is 0 Å². The second kappa shape index (κ2) is 4.92. The number of fused-ring (bicyclic) bond motifs is 1. The fourth-order valence-corrected chi connectivity index (χ4v) is 1.65. The Bertz CT molecular complexity index is 533. The van der Waals surface area contributed by atoms with Crippen molar-refractivity contribution in [1.82, 2.24) is 10.3 Å². The molecule has 1 aromatic carbocycles. The number of hydrogen-bond acceptors (Lipinski definition) is 3. The quantitative estimate of drug-likeness (QED) is 0.656. The van der Waals surface area contributed by atoms with Crippen LogP contribution in [-0.4, -0.2) is 18.1 Å². The number of rotatable bonds is 4. The maximum absolute atomic E-state index is 11.7. The van der Waals surface area contributed by atoms with E-state index >= 15 is 0 Å². The van der Waals surface area contributed by atoms with Crippen LogP contribution < -0.4 is 16.6 Å². The van der Waals surface area contributed by atoms with Gasteiger partial charge in [0.05, 0.1) is 0 Å². The maximum atomic E-state index is 11.7. The third-order valence-electron chi connectivity index (χ3n) is 2.47. The van der Waals surface area contributed by atoms with E-state index in [-0.39, 0.29) is 5.56 Å². The van der Waals surface area contributed by atoms with E-state index in [1.807, 2.05) is 30.3 Å². The number of pyridine rings is 1. The Balaban J connectivity index is 2.31. The van der Waals surface area contributed by atoms with Crippen LogP contribution in [0, 0.1) is 0 Å². The Morgan fingerprint density at radius 3 is 2.94 bits per heavy atom. The van der Waals surface area contributed by atoms with Crippen LogP contribution in [0.15, 0.2) is 35.1 Å². The molecule has 0 aliphatic heterocycles. The van der Waals surface area contributed by atoms with Crippen molar-refractivity contribution in [2.75, 3.05) is 13.1 Å². The van der Waals surface area contributed by atoms with Crippen LogP contribution >= 0.6 is 0 Å². The smallest absolute Gasteiger partial charge is 0.252 e. The number of aromatic nitrogens is 1. The molecule has 1 heterocycles. The highest BCUT2D eigenvalue weighted by atomic mass is 16.1. The van der Waals surface area contributed by atoms with Gasteiger partial charge in [-0.1, -0.05) is 18.2 Å². The van der Waals surface area contributed by atoms with Crippen LogP contribution in [0.1, 0.15) is 5.56 Å². The van der Waals surface area contributed by atoms with Gasteiger partial charge >= 0.3 is 0 Å². The van der Waals surface area contributed by atoms with E-state index in [4.69, 9.17) is 5.73 Å². The number of nitrogens with two attached hydrogens (primary N) is 1. The average Bonchev–Trinajstić information content (AvgIpc) is 2.30. The summed E-state index contributed by atoms with van der Waals surface area (Å²) in [6.45, 7) is 1.84. The first-order chi connectivity index (χ1) is 7.81. The van der Waals surface area contributed by atoms with Crippen molar-refractivity contribution in [2.24, 2.45) is 5.73 Å².